The Morgan fingerprint density at radius 1 is 0.180 bits per heavy atom. The van der Waals surface area contributed by atoms with Crippen LogP contribution >= 0.6 is 0 Å². The highest BCUT2D eigenvalue weighted by atomic mass is 15.2. The standard InChI is InChI=1S/C57H34N4.C45H27N5/c1-2-14-35(15-3-1)38-28-39(40-32-46-44-20-8-12-24-51(44)61-52-25-13-9-21-45(52)47(33-40)57(46)61)30-41(29-38)59-53-26-27-55(58-56(53)48-31-36-16-4-5-17-37(36)34-54(48)59)60-49-22-10-6-18-42(49)43-19-7-11-23-50(43)60;1-3-13-28(14-4-1)43-46-44(29-15-5-2-6-16-29)48-45(47-43)50-40-22-12-7-17-32(40)35-24-23-30(27-41(35)50)31-25-36-33-18-8-10-20-38(33)49-39-21-11-9-19-34(39)37(26-31)42(36)49/h1-34H;1-27H. The Kier molecular flexibility index (Phi) is 13.1. The number of hydrogen-bond acceptors (Lipinski definition) is 4. The monoisotopic (exact) mass is 1410 g/mol. The average molecular weight is 1410 g/mol. The van der Waals surface area contributed by atoms with E-state index in [0.717, 1.165) is 88.5 Å². The normalized spacial score (nSPS) is 12.1. The quantitative estimate of drug-likeness (QED) is 0.152. The Bertz CT molecular complexity index is 7860. The van der Waals surface area contributed by atoms with Gasteiger partial charge in [0.15, 0.2) is 11.6 Å². The number of fused-ring (bicyclic) bond motifs is 22. The molecule has 0 fully saturated rings. The largest absolute Gasteiger partial charge is 0.308 e. The summed E-state index contributed by atoms with van der Waals surface area (Å²) in [7, 11) is 0. The lowest BCUT2D eigenvalue weighted by Crippen LogP contribution is -2.06. The minimum absolute atomic E-state index is 0.590. The highest BCUT2D eigenvalue weighted by molar-refractivity contribution is 6.26. The SMILES string of the molecule is c1ccc(-c2cc(-c3cc4c5ccccc5n5c6ccccc6c(c3)c45)cc(-n3c4cc5ccccc5cc4c4nc(-n5c6ccccc6c6ccccc65)ccc43)c2)cc1.c1ccc(-c2nc(-c3ccccc3)nc(-n3c4ccccc4c4ccc(-c5cc6c7ccccc7n7c8ccccc8c(c5)c67)cc43)n2)cc1. The molecule has 514 valence electrons. The summed E-state index contributed by atoms with van der Waals surface area (Å²) in [6.45, 7) is 0. The van der Waals surface area contributed by atoms with Crippen molar-refractivity contribution in [3.05, 3.63) is 370 Å². The van der Waals surface area contributed by atoms with Crippen LogP contribution in [0.1, 0.15) is 0 Å². The Balaban J connectivity index is 0.000000132. The fourth-order valence-electron chi connectivity index (χ4n) is 18.3. The zero-order valence-electron chi connectivity index (χ0n) is 59.7. The van der Waals surface area contributed by atoms with Gasteiger partial charge in [-0.15, -0.1) is 0 Å². The van der Waals surface area contributed by atoms with Gasteiger partial charge in [0.2, 0.25) is 5.95 Å². The number of pyridine rings is 1. The Labute approximate surface area is 634 Å². The molecule has 9 heterocycles. The summed E-state index contributed by atoms with van der Waals surface area (Å²) < 4.78 is 11.8. The molecule has 25 aromatic rings. The van der Waals surface area contributed by atoms with E-state index in [9.17, 15) is 0 Å². The number of rotatable bonds is 8. The van der Waals surface area contributed by atoms with Gasteiger partial charge >= 0.3 is 0 Å². The van der Waals surface area contributed by atoms with Gasteiger partial charge in [0, 0.05) is 86.8 Å². The molecule has 9 nitrogen and oxygen atoms in total. The second-order valence-corrected chi connectivity index (χ2v) is 29.3. The molecular weight excluding hydrogens is 1350 g/mol. The second kappa shape index (κ2) is 23.7. The molecule has 16 aromatic carbocycles. The zero-order valence-corrected chi connectivity index (χ0v) is 59.7. The maximum Gasteiger partial charge on any atom is 0.238 e. The van der Waals surface area contributed by atoms with E-state index in [2.05, 4.69) is 332 Å². The Morgan fingerprint density at radius 2 is 0.550 bits per heavy atom. The van der Waals surface area contributed by atoms with Gasteiger partial charge in [-0.3, -0.25) is 9.13 Å². The fraction of sp³-hybridized carbons (Fsp3) is 0. The lowest BCUT2D eigenvalue weighted by molar-refractivity contribution is 0.953. The highest BCUT2D eigenvalue weighted by Gasteiger charge is 2.26. The molecule has 0 aliphatic carbocycles. The van der Waals surface area contributed by atoms with E-state index in [1.165, 1.54) is 120 Å². The molecule has 0 radical (unpaired) electrons. The first-order valence-corrected chi connectivity index (χ1v) is 37.8. The van der Waals surface area contributed by atoms with Gasteiger partial charge in [-0.25, -0.2) is 9.97 Å². The minimum Gasteiger partial charge on any atom is -0.308 e. The van der Waals surface area contributed by atoms with Gasteiger partial charge in [0.25, 0.3) is 0 Å². The van der Waals surface area contributed by atoms with Crippen LogP contribution in [-0.4, -0.2) is 42.4 Å². The lowest BCUT2D eigenvalue weighted by Gasteiger charge is -2.15. The average Bonchev–Trinajstić information content (AvgIpc) is 1.55. The number of para-hydroxylation sites is 7. The van der Waals surface area contributed by atoms with Gasteiger partial charge in [0.1, 0.15) is 5.82 Å². The predicted molar refractivity (Wildman–Crippen MR) is 461 cm³/mol. The van der Waals surface area contributed by atoms with Crippen molar-refractivity contribution in [2.24, 2.45) is 0 Å². The van der Waals surface area contributed by atoms with E-state index >= 15 is 0 Å². The molecular formula is C102H61N9. The summed E-state index contributed by atoms with van der Waals surface area (Å²) >= 11 is 0. The van der Waals surface area contributed by atoms with Crippen LogP contribution in [0.25, 0.3) is 226 Å². The molecule has 0 amide bonds. The van der Waals surface area contributed by atoms with Crippen LogP contribution in [0.15, 0.2) is 370 Å². The number of nitrogens with zero attached hydrogens (tertiary/aromatic N) is 9. The predicted octanol–water partition coefficient (Wildman–Crippen LogP) is 26.0. The number of hydrogen-bond donors (Lipinski definition) is 0. The molecule has 0 saturated carbocycles. The third kappa shape index (κ3) is 9.18. The lowest BCUT2D eigenvalue weighted by atomic mass is 9.95. The third-order valence-corrected chi connectivity index (χ3v) is 23.2. The Hall–Kier alpha value is -15.1. The van der Waals surface area contributed by atoms with Crippen molar-refractivity contribution in [2.75, 3.05) is 0 Å². The van der Waals surface area contributed by atoms with Crippen molar-refractivity contribution < 1.29 is 0 Å². The van der Waals surface area contributed by atoms with Gasteiger partial charge < -0.3 is 13.4 Å². The third-order valence-electron chi connectivity index (χ3n) is 23.2. The van der Waals surface area contributed by atoms with E-state index < -0.39 is 0 Å². The first kappa shape index (κ1) is 61.1. The molecule has 0 spiro atoms. The molecule has 0 aliphatic rings. The molecule has 0 unspecified atom stereocenters. The van der Waals surface area contributed by atoms with Gasteiger partial charge in [-0.05, 0) is 159 Å². The molecule has 0 atom stereocenters. The Morgan fingerprint density at radius 3 is 1.04 bits per heavy atom. The molecule has 9 heteroatoms. The summed E-state index contributed by atoms with van der Waals surface area (Å²) in [5.74, 6) is 2.77. The van der Waals surface area contributed by atoms with E-state index in [0.29, 0.717) is 17.6 Å². The first-order chi connectivity index (χ1) is 55.0. The number of aromatic nitrogens is 9. The van der Waals surface area contributed by atoms with Crippen molar-refractivity contribution in [2.45, 2.75) is 0 Å². The van der Waals surface area contributed by atoms with Crippen molar-refractivity contribution >= 4 is 153 Å². The molecule has 0 N–H and O–H groups in total. The fourth-order valence-corrected chi connectivity index (χ4v) is 18.3. The zero-order chi connectivity index (χ0) is 72.5. The summed E-state index contributed by atoms with van der Waals surface area (Å²) in [6.07, 6.45) is 0. The summed E-state index contributed by atoms with van der Waals surface area (Å²) in [5.41, 5.74) is 25.1. The van der Waals surface area contributed by atoms with Gasteiger partial charge in [-0.1, -0.05) is 255 Å². The summed E-state index contributed by atoms with van der Waals surface area (Å²) in [4.78, 5) is 20.8. The van der Waals surface area contributed by atoms with Gasteiger partial charge in [0.05, 0.1) is 71.7 Å². The molecule has 111 heavy (non-hydrogen) atoms. The van der Waals surface area contributed by atoms with Crippen LogP contribution in [0.4, 0.5) is 0 Å². The van der Waals surface area contributed by atoms with Crippen LogP contribution in [0.3, 0.4) is 0 Å². The molecule has 25 rings (SSSR count). The summed E-state index contributed by atoms with van der Waals surface area (Å²) in [5, 5.41) is 18.4. The summed E-state index contributed by atoms with van der Waals surface area (Å²) in [6, 6.07) is 133. The maximum atomic E-state index is 5.61. The van der Waals surface area contributed by atoms with Crippen molar-refractivity contribution in [3.63, 3.8) is 0 Å². The van der Waals surface area contributed by atoms with Crippen LogP contribution in [0.2, 0.25) is 0 Å². The number of benzene rings is 16. The van der Waals surface area contributed by atoms with Crippen molar-refractivity contribution in [1.29, 1.82) is 0 Å². The van der Waals surface area contributed by atoms with Crippen molar-refractivity contribution in [1.82, 2.24) is 42.4 Å². The topological polar surface area (TPSA) is 75.2 Å². The van der Waals surface area contributed by atoms with E-state index in [4.69, 9.17) is 19.9 Å². The molecule has 9 aromatic heterocycles. The second-order valence-electron chi connectivity index (χ2n) is 29.3. The van der Waals surface area contributed by atoms with E-state index in [1.807, 2.05) is 60.7 Å². The van der Waals surface area contributed by atoms with Crippen LogP contribution in [-0.2, 0) is 0 Å². The van der Waals surface area contributed by atoms with Crippen LogP contribution in [0, 0.1) is 0 Å². The maximum absolute atomic E-state index is 5.61. The highest BCUT2D eigenvalue weighted by Crippen LogP contribution is 2.47. The van der Waals surface area contributed by atoms with Crippen molar-refractivity contribution in [3.8, 4) is 73.6 Å². The minimum atomic E-state index is 0.590. The smallest absolute Gasteiger partial charge is 0.238 e. The van der Waals surface area contributed by atoms with Crippen LogP contribution in [0.5, 0.6) is 0 Å². The van der Waals surface area contributed by atoms with E-state index in [-0.39, 0.29) is 0 Å². The van der Waals surface area contributed by atoms with Crippen LogP contribution < -0.4 is 0 Å². The molecule has 0 bridgehead atoms. The van der Waals surface area contributed by atoms with E-state index in [1.54, 1.807) is 0 Å². The molecule has 0 aliphatic heterocycles. The first-order valence-electron chi connectivity index (χ1n) is 37.8. The van der Waals surface area contributed by atoms with Gasteiger partial charge in [-0.2, -0.15) is 9.97 Å². The molecule has 0 saturated heterocycles.